The van der Waals surface area contributed by atoms with Gasteiger partial charge in [0.2, 0.25) is 15.9 Å². The maximum Gasteiger partial charge on any atom is 0.246 e. The highest BCUT2D eigenvalue weighted by Gasteiger charge is 2.33. The fraction of sp³-hybridized carbons (Fsp3) is 0.350. The van der Waals surface area contributed by atoms with E-state index in [9.17, 15) is 13.2 Å². The number of amides is 1. The van der Waals surface area contributed by atoms with Gasteiger partial charge in [-0.05, 0) is 42.7 Å². The van der Waals surface area contributed by atoms with Crippen molar-refractivity contribution in [3.63, 3.8) is 0 Å². The Morgan fingerprint density at radius 2 is 1.89 bits per heavy atom. The molecule has 0 aromatic heterocycles. The second-order valence-corrected chi connectivity index (χ2v) is 9.10. The Balaban J connectivity index is 1.89. The Morgan fingerprint density at radius 1 is 1.21 bits per heavy atom. The fourth-order valence-corrected chi connectivity index (χ4v) is 4.96. The molecule has 6 nitrogen and oxygen atoms in total. The predicted octanol–water partition coefficient (Wildman–Crippen LogP) is 3.09. The van der Waals surface area contributed by atoms with E-state index in [4.69, 9.17) is 16.3 Å². The minimum atomic E-state index is -3.71. The number of benzene rings is 2. The number of ether oxygens (including phenoxy) is 1. The van der Waals surface area contributed by atoms with Gasteiger partial charge in [0.05, 0.1) is 24.1 Å². The van der Waals surface area contributed by atoms with Gasteiger partial charge in [0.25, 0.3) is 0 Å². The molecule has 0 bridgehead atoms. The van der Waals surface area contributed by atoms with E-state index in [1.54, 1.807) is 24.0 Å². The van der Waals surface area contributed by atoms with E-state index in [1.807, 2.05) is 18.2 Å². The van der Waals surface area contributed by atoms with Gasteiger partial charge in [0, 0.05) is 13.1 Å². The molecule has 1 aliphatic rings. The topological polar surface area (TPSA) is 66.9 Å². The minimum absolute atomic E-state index is 0.244. The number of sulfonamides is 1. The van der Waals surface area contributed by atoms with E-state index in [0.29, 0.717) is 24.5 Å². The molecule has 0 unspecified atom stereocenters. The third-order valence-corrected chi connectivity index (χ3v) is 6.44. The standard InChI is InChI=1S/C20H23ClN2O4S/c1-14(20(24)22-11-10-15-6-4-5-7-16(15)13-22)23(28(3,25)26)17-8-9-19(27-2)18(21)12-17/h4-9,12,14H,10-11,13H2,1-3H3/t14-/m0/s1. The molecule has 1 heterocycles. The molecule has 0 fully saturated rings. The van der Waals surface area contributed by atoms with Gasteiger partial charge in [-0.3, -0.25) is 9.10 Å². The van der Waals surface area contributed by atoms with Crippen molar-refractivity contribution in [3.8, 4) is 5.75 Å². The molecule has 0 radical (unpaired) electrons. The van der Waals surface area contributed by atoms with Crippen LogP contribution in [0.4, 0.5) is 5.69 Å². The summed E-state index contributed by atoms with van der Waals surface area (Å²) in [5, 5.41) is 0.278. The molecule has 0 aliphatic carbocycles. The summed E-state index contributed by atoms with van der Waals surface area (Å²) < 4.78 is 31.3. The van der Waals surface area contributed by atoms with Gasteiger partial charge in [0.15, 0.2) is 0 Å². The first kappa shape index (κ1) is 20.5. The first-order valence-electron chi connectivity index (χ1n) is 8.91. The van der Waals surface area contributed by atoms with Crippen molar-refractivity contribution in [1.29, 1.82) is 0 Å². The average Bonchev–Trinajstić information content (AvgIpc) is 2.66. The maximum absolute atomic E-state index is 13.1. The molecule has 1 amide bonds. The average molecular weight is 423 g/mol. The smallest absolute Gasteiger partial charge is 0.246 e. The highest BCUT2D eigenvalue weighted by molar-refractivity contribution is 7.92. The van der Waals surface area contributed by atoms with Gasteiger partial charge < -0.3 is 9.64 Å². The molecular weight excluding hydrogens is 400 g/mol. The van der Waals surface area contributed by atoms with E-state index in [2.05, 4.69) is 6.07 Å². The molecule has 0 saturated heterocycles. The lowest BCUT2D eigenvalue weighted by molar-refractivity contribution is -0.132. The second kappa shape index (κ2) is 8.01. The Bertz CT molecular complexity index is 993. The summed E-state index contributed by atoms with van der Waals surface area (Å²) in [6, 6.07) is 11.8. The number of rotatable bonds is 5. The summed E-state index contributed by atoms with van der Waals surface area (Å²) in [4.78, 5) is 14.8. The molecule has 0 N–H and O–H groups in total. The van der Waals surface area contributed by atoms with Crippen LogP contribution in [0.15, 0.2) is 42.5 Å². The Morgan fingerprint density at radius 3 is 2.50 bits per heavy atom. The van der Waals surface area contributed by atoms with Gasteiger partial charge in [-0.2, -0.15) is 0 Å². The Kier molecular flexibility index (Phi) is 5.86. The van der Waals surface area contributed by atoms with Crippen LogP contribution in [0, 0.1) is 0 Å². The van der Waals surface area contributed by atoms with Crippen LogP contribution in [-0.4, -0.2) is 45.2 Å². The molecule has 3 rings (SSSR count). The van der Waals surface area contributed by atoms with Crippen LogP contribution in [0.1, 0.15) is 18.1 Å². The number of carbonyl (C=O) groups excluding carboxylic acids is 1. The largest absolute Gasteiger partial charge is 0.495 e. The molecule has 28 heavy (non-hydrogen) atoms. The van der Waals surface area contributed by atoms with Crippen LogP contribution in [0.25, 0.3) is 0 Å². The number of methoxy groups -OCH3 is 1. The van der Waals surface area contributed by atoms with E-state index < -0.39 is 16.1 Å². The zero-order chi connectivity index (χ0) is 20.5. The molecule has 1 atom stereocenters. The summed E-state index contributed by atoms with van der Waals surface area (Å²) in [5.74, 6) is 0.192. The highest BCUT2D eigenvalue weighted by Crippen LogP contribution is 2.32. The van der Waals surface area contributed by atoms with Crippen LogP contribution < -0.4 is 9.04 Å². The molecule has 150 valence electrons. The van der Waals surface area contributed by atoms with Gasteiger partial charge in [0.1, 0.15) is 11.8 Å². The number of halogens is 1. The monoisotopic (exact) mass is 422 g/mol. The van der Waals surface area contributed by atoms with Gasteiger partial charge >= 0.3 is 0 Å². The van der Waals surface area contributed by atoms with Crippen LogP contribution in [0.5, 0.6) is 5.75 Å². The van der Waals surface area contributed by atoms with E-state index in [-0.39, 0.29) is 10.9 Å². The van der Waals surface area contributed by atoms with Crippen LogP contribution in [-0.2, 0) is 27.8 Å². The van der Waals surface area contributed by atoms with Crippen molar-refractivity contribution in [3.05, 3.63) is 58.6 Å². The van der Waals surface area contributed by atoms with Crippen molar-refractivity contribution in [1.82, 2.24) is 4.90 Å². The van der Waals surface area contributed by atoms with Crippen molar-refractivity contribution in [2.75, 3.05) is 24.2 Å². The van der Waals surface area contributed by atoms with Crippen LogP contribution in [0.3, 0.4) is 0 Å². The van der Waals surface area contributed by atoms with Gasteiger partial charge in [-0.15, -0.1) is 0 Å². The lowest BCUT2D eigenvalue weighted by Gasteiger charge is -2.35. The summed E-state index contributed by atoms with van der Waals surface area (Å²) in [6.45, 7) is 2.63. The molecular formula is C20H23ClN2O4S. The third kappa shape index (κ3) is 4.10. The van der Waals surface area contributed by atoms with Crippen molar-refractivity contribution >= 4 is 33.2 Å². The van der Waals surface area contributed by atoms with E-state index in [1.165, 1.54) is 18.7 Å². The zero-order valence-corrected chi connectivity index (χ0v) is 17.6. The first-order chi connectivity index (χ1) is 13.2. The first-order valence-corrected chi connectivity index (χ1v) is 11.1. The van der Waals surface area contributed by atoms with E-state index >= 15 is 0 Å². The molecule has 8 heteroatoms. The fourth-order valence-electron chi connectivity index (χ4n) is 3.54. The molecule has 0 spiro atoms. The van der Waals surface area contributed by atoms with Crippen molar-refractivity contribution < 1.29 is 17.9 Å². The third-order valence-electron chi connectivity index (χ3n) is 4.90. The van der Waals surface area contributed by atoms with Crippen LogP contribution >= 0.6 is 11.6 Å². The quantitative estimate of drug-likeness (QED) is 0.742. The van der Waals surface area contributed by atoms with E-state index in [0.717, 1.165) is 22.5 Å². The SMILES string of the molecule is COc1ccc(N([C@@H](C)C(=O)N2CCc3ccccc3C2)S(C)(=O)=O)cc1Cl. The molecule has 1 aliphatic heterocycles. The maximum atomic E-state index is 13.1. The van der Waals surface area contributed by atoms with Gasteiger partial charge in [-0.1, -0.05) is 35.9 Å². The number of fused-ring (bicyclic) bond motifs is 1. The van der Waals surface area contributed by atoms with Crippen molar-refractivity contribution in [2.24, 2.45) is 0 Å². The predicted molar refractivity (Wildman–Crippen MR) is 110 cm³/mol. The highest BCUT2D eigenvalue weighted by atomic mass is 35.5. The Hall–Kier alpha value is -2.25. The van der Waals surface area contributed by atoms with Crippen LogP contribution in [0.2, 0.25) is 5.02 Å². The number of hydrogen-bond acceptors (Lipinski definition) is 4. The second-order valence-electron chi connectivity index (χ2n) is 6.83. The number of hydrogen-bond donors (Lipinski definition) is 0. The van der Waals surface area contributed by atoms with Gasteiger partial charge in [-0.25, -0.2) is 8.42 Å². The molecule has 2 aromatic rings. The Labute approximate surface area is 170 Å². The zero-order valence-electron chi connectivity index (χ0n) is 16.1. The lowest BCUT2D eigenvalue weighted by Crippen LogP contribution is -2.50. The number of nitrogens with zero attached hydrogens (tertiary/aromatic N) is 2. The lowest BCUT2D eigenvalue weighted by atomic mass is 9.99. The summed E-state index contributed by atoms with van der Waals surface area (Å²) in [5.41, 5.74) is 2.64. The van der Waals surface area contributed by atoms with Crippen molar-refractivity contribution in [2.45, 2.75) is 25.9 Å². The minimum Gasteiger partial charge on any atom is -0.495 e. The molecule has 2 aromatic carbocycles. The summed E-state index contributed by atoms with van der Waals surface area (Å²) >= 11 is 6.17. The molecule has 0 saturated carbocycles. The number of carbonyl (C=O) groups is 1. The normalized spacial score (nSPS) is 14.9. The number of anilines is 1. The summed E-state index contributed by atoms with van der Waals surface area (Å²) in [6.07, 6.45) is 1.84. The summed E-state index contributed by atoms with van der Waals surface area (Å²) in [7, 11) is -2.23.